The minimum atomic E-state index is -0.742. The summed E-state index contributed by atoms with van der Waals surface area (Å²) >= 11 is 0. The molecule has 0 aromatic heterocycles. The minimum absolute atomic E-state index is 0.00608. The van der Waals surface area contributed by atoms with Gasteiger partial charge in [0.25, 0.3) is 0 Å². The molecule has 1 aromatic carbocycles. The van der Waals surface area contributed by atoms with Gasteiger partial charge in [-0.15, -0.1) is 0 Å². The first kappa shape index (κ1) is 14.5. The number of rotatable bonds is 6. The third kappa shape index (κ3) is 5.16. The number of nitrogen functional groups attached to an aromatic ring is 1. The summed E-state index contributed by atoms with van der Waals surface area (Å²) in [6, 6.07) is 6.89. The Bertz CT molecular complexity index is 376. The van der Waals surface area contributed by atoms with Crippen LogP contribution in [0.1, 0.15) is 25.5 Å². The zero-order chi connectivity index (χ0) is 13.5. The lowest BCUT2D eigenvalue weighted by Crippen LogP contribution is -2.32. The molecule has 0 aliphatic carbocycles. The Morgan fingerprint density at radius 3 is 2.56 bits per heavy atom. The summed E-state index contributed by atoms with van der Waals surface area (Å²) < 4.78 is 5.15. The molecule has 1 aromatic rings. The van der Waals surface area contributed by atoms with E-state index in [0.717, 1.165) is 0 Å². The van der Waals surface area contributed by atoms with Crippen LogP contribution in [0.2, 0.25) is 0 Å². The fraction of sp³-hybridized carbons (Fsp3) is 0.462. The van der Waals surface area contributed by atoms with Crippen molar-refractivity contribution in [3.63, 3.8) is 0 Å². The summed E-state index contributed by atoms with van der Waals surface area (Å²) in [4.78, 5) is 11.4. The fourth-order valence-corrected chi connectivity index (χ4v) is 1.34. The lowest BCUT2D eigenvalue weighted by Gasteiger charge is -2.13. The Morgan fingerprint density at radius 1 is 1.39 bits per heavy atom. The second-order valence-corrected chi connectivity index (χ2v) is 4.35. The maximum atomic E-state index is 11.4. The van der Waals surface area contributed by atoms with Gasteiger partial charge < -0.3 is 20.9 Å². The van der Waals surface area contributed by atoms with Crippen LogP contribution in [-0.4, -0.2) is 30.3 Å². The van der Waals surface area contributed by atoms with Crippen LogP contribution < -0.4 is 11.1 Å². The van der Waals surface area contributed by atoms with Crippen molar-refractivity contribution in [3.8, 4) is 0 Å². The number of carbonyl (C=O) groups excluding carboxylic acids is 1. The Hall–Kier alpha value is -1.59. The van der Waals surface area contributed by atoms with Gasteiger partial charge in [-0.05, 0) is 31.5 Å². The summed E-state index contributed by atoms with van der Waals surface area (Å²) in [5, 5.41) is 12.4. The highest BCUT2D eigenvalue weighted by Gasteiger charge is 2.09. The second kappa shape index (κ2) is 6.98. The number of aliphatic hydroxyl groups excluding tert-OH is 1. The summed E-state index contributed by atoms with van der Waals surface area (Å²) in [5.41, 5.74) is 6.91. The highest BCUT2D eigenvalue weighted by Crippen LogP contribution is 2.13. The van der Waals surface area contributed by atoms with E-state index in [4.69, 9.17) is 10.5 Å². The number of nitrogens with two attached hydrogens (primary N) is 1. The number of carbonyl (C=O) groups is 1. The van der Waals surface area contributed by atoms with Gasteiger partial charge in [0.15, 0.2) is 0 Å². The van der Waals surface area contributed by atoms with Crippen molar-refractivity contribution >= 4 is 11.6 Å². The van der Waals surface area contributed by atoms with Gasteiger partial charge in [-0.2, -0.15) is 0 Å². The fourth-order valence-electron chi connectivity index (χ4n) is 1.34. The third-order valence-corrected chi connectivity index (χ3v) is 2.36. The maximum Gasteiger partial charge on any atom is 0.246 e. The van der Waals surface area contributed by atoms with Gasteiger partial charge in [0.05, 0.1) is 12.2 Å². The molecule has 0 aliphatic rings. The van der Waals surface area contributed by atoms with Crippen LogP contribution >= 0.6 is 0 Å². The van der Waals surface area contributed by atoms with Crippen LogP contribution in [0.15, 0.2) is 24.3 Å². The van der Waals surface area contributed by atoms with E-state index in [-0.39, 0.29) is 25.2 Å². The molecule has 1 amide bonds. The summed E-state index contributed by atoms with van der Waals surface area (Å²) in [7, 11) is 0. The average molecular weight is 252 g/mol. The van der Waals surface area contributed by atoms with E-state index in [1.807, 2.05) is 13.8 Å². The molecule has 5 heteroatoms. The first-order chi connectivity index (χ1) is 8.49. The van der Waals surface area contributed by atoms with Crippen LogP contribution in [0.3, 0.4) is 0 Å². The van der Waals surface area contributed by atoms with E-state index in [0.29, 0.717) is 11.3 Å². The van der Waals surface area contributed by atoms with Crippen molar-refractivity contribution in [1.82, 2.24) is 5.32 Å². The lowest BCUT2D eigenvalue weighted by atomic mass is 10.1. The molecule has 0 saturated heterocycles. The number of aliphatic hydroxyl groups is 1. The molecule has 0 bridgehead atoms. The molecule has 0 spiro atoms. The zero-order valence-corrected chi connectivity index (χ0v) is 10.7. The Labute approximate surface area is 107 Å². The molecule has 0 fully saturated rings. The number of benzene rings is 1. The number of anilines is 1. The highest BCUT2D eigenvalue weighted by atomic mass is 16.5. The SMILES string of the molecule is CC(C)OCC(=O)NCC(O)c1ccc(N)cc1. The first-order valence-corrected chi connectivity index (χ1v) is 5.91. The standard InChI is InChI=1S/C13H20N2O3/c1-9(2)18-8-13(17)15-7-12(16)10-3-5-11(14)6-4-10/h3-6,9,12,16H,7-8,14H2,1-2H3,(H,15,17). The van der Waals surface area contributed by atoms with Crippen molar-refractivity contribution in [2.75, 3.05) is 18.9 Å². The average Bonchev–Trinajstić information content (AvgIpc) is 2.34. The summed E-state index contributed by atoms with van der Waals surface area (Å²) in [6.07, 6.45) is -0.730. The van der Waals surface area contributed by atoms with Crippen LogP contribution in [0.25, 0.3) is 0 Å². The van der Waals surface area contributed by atoms with Gasteiger partial charge in [-0.1, -0.05) is 12.1 Å². The molecule has 1 unspecified atom stereocenters. The predicted octanol–water partition coefficient (Wildman–Crippen LogP) is 0.843. The van der Waals surface area contributed by atoms with Gasteiger partial charge in [0.1, 0.15) is 6.61 Å². The monoisotopic (exact) mass is 252 g/mol. The Balaban J connectivity index is 2.34. The van der Waals surface area contributed by atoms with Gasteiger partial charge in [0.2, 0.25) is 5.91 Å². The maximum absolute atomic E-state index is 11.4. The Morgan fingerprint density at radius 2 is 2.00 bits per heavy atom. The van der Waals surface area contributed by atoms with Crippen LogP contribution in [0.5, 0.6) is 0 Å². The molecule has 4 N–H and O–H groups in total. The Kier molecular flexibility index (Phi) is 5.61. The highest BCUT2D eigenvalue weighted by molar-refractivity contribution is 5.77. The number of hydrogen-bond acceptors (Lipinski definition) is 4. The number of nitrogens with one attached hydrogen (secondary N) is 1. The second-order valence-electron chi connectivity index (χ2n) is 4.35. The van der Waals surface area contributed by atoms with Crippen LogP contribution in [-0.2, 0) is 9.53 Å². The van der Waals surface area contributed by atoms with Gasteiger partial charge in [-0.3, -0.25) is 4.79 Å². The normalized spacial score (nSPS) is 12.4. The molecule has 1 atom stereocenters. The molecular weight excluding hydrogens is 232 g/mol. The van der Waals surface area contributed by atoms with Crippen LogP contribution in [0, 0.1) is 0 Å². The van der Waals surface area contributed by atoms with Crippen molar-refractivity contribution in [1.29, 1.82) is 0 Å². The largest absolute Gasteiger partial charge is 0.399 e. The van der Waals surface area contributed by atoms with E-state index in [1.165, 1.54) is 0 Å². The van der Waals surface area contributed by atoms with E-state index in [9.17, 15) is 9.90 Å². The topological polar surface area (TPSA) is 84.6 Å². The lowest BCUT2D eigenvalue weighted by molar-refractivity contribution is -0.127. The first-order valence-electron chi connectivity index (χ1n) is 5.91. The smallest absolute Gasteiger partial charge is 0.246 e. The molecule has 0 aliphatic heterocycles. The van der Waals surface area contributed by atoms with E-state index in [1.54, 1.807) is 24.3 Å². The molecular formula is C13H20N2O3. The predicted molar refractivity (Wildman–Crippen MR) is 69.9 cm³/mol. The molecule has 0 saturated carbocycles. The molecule has 18 heavy (non-hydrogen) atoms. The van der Waals surface area contributed by atoms with Gasteiger partial charge >= 0.3 is 0 Å². The van der Waals surface area contributed by atoms with Crippen LogP contribution in [0.4, 0.5) is 5.69 Å². The number of ether oxygens (including phenoxy) is 1. The number of amides is 1. The van der Waals surface area contributed by atoms with Gasteiger partial charge in [-0.25, -0.2) is 0 Å². The zero-order valence-electron chi connectivity index (χ0n) is 10.7. The summed E-state index contributed by atoms with van der Waals surface area (Å²) in [5.74, 6) is -0.238. The molecule has 100 valence electrons. The quantitative estimate of drug-likeness (QED) is 0.655. The van der Waals surface area contributed by atoms with Crippen molar-refractivity contribution in [2.45, 2.75) is 26.1 Å². The van der Waals surface area contributed by atoms with Crippen molar-refractivity contribution in [2.24, 2.45) is 0 Å². The third-order valence-electron chi connectivity index (χ3n) is 2.36. The molecule has 5 nitrogen and oxygen atoms in total. The van der Waals surface area contributed by atoms with Crippen molar-refractivity contribution in [3.05, 3.63) is 29.8 Å². The van der Waals surface area contributed by atoms with Gasteiger partial charge in [0, 0.05) is 12.2 Å². The minimum Gasteiger partial charge on any atom is -0.399 e. The van der Waals surface area contributed by atoms with E-state index < -0.39 is 6.10 Å². The molecule has 1 rings (SSSR count). The number of hydrogen-bond donors (Lipinski definition) is 3. The van der Waals surface area contributed by atoms with E-state index in [2.05, 4.69) is 5.32 Å². The summed E-state index contributed by atoms with van der Waals surface area (Å²) in [6.45, 7) is 3.88. The molecule has 0 heterocycles. The molecule has 0 radical (unpaired) electrons. The van der Waals surface area contributed by atoms with E-state index >= 15 is 0 Å². The van der Waals surface area contributed by atoms with Crippen molar-refractivity contribution < 1.29 is 14.6 Å².